The number of ether oxygens (including phenoxy) is 1. The number of aliphatic carboxylic acids is 1. The van der Waals surface area contributed by atoms with E-state index in [4.69, 9.17) is 4.74 Å². The van der Waals surface area contributed by atoms with Gasteiger partial charge in [0.1, 0.15) is 5.75 Å². The number of rotatable bonds is 6. The molecule has 0 spiro atoms. The van der Waals surface area contributed by atoms with Gasteiger partial charge in [-0.05, 0) is 41.8 Å². The van der Waals surface area contributed by atoms with Gasteiger partial charge < -0.3 is 14.7 Å². The van der Waals surface area contributed by atoms with Crippen LogP contribution in [-0.2, 0) is 11.2 Å². The van der Waals surface area contributed by atoms with Gasteiger partial charge in [0.2, 0.25) is 0 Å². The van der Waals surface area contributed by atoms with Gasteiger partial charge in [0.05, 0.1) is 13.0 Å². The maximum atomic E-state index is 11.6. The number of carboxylic acid groups (broad SMARTS) is 1. The van der Waals surface area contributed by atoms with Crippen molar-refractivity contribution < 1.29 is 14.6 Å². The number of hydrogen-bond acceptors (Lipinski definition) is 3. The van der Waals surface area contributed by atoms with Gasteiger partial charge in [-0.25, -0.2) is 0 Å². The molecule has 0 radical (unpaired) electrons. The average molecular weight is 299 g/mol. The van der Waals surface area contributed by atoms with Crippen LogP contribution in [0.15, 0.2) is 48.5 Å². The smallest absolute Gasteiger partial charge is 0.311 e. The van der Waals surface area contributed by atoms with Gasteiger partial charge in [0.15, 0.2) is 0 Å². The van der Waals surface area contributed by atoms with E-state index in [0.717, 1.165) is 22.6 Å². The van der Waals surface area contributed by atoms with Crippen molar-refractivity contribution in [2.24, 2.45) is 0 Å². The predicted molar refractivity (Wildman–Crippen MR) is 87.8 cm³/mol. The second-order valence-corrected chi connectivity index (χ2v) is 5.43. The number of anilines is 1. The number of carbonyl (C=O) groups is 1. The fourth-order valence-electron chi connectivity index (χ4n) is 2.35. The molecule has 2 rings (SSSR count). The first-order valence-electron chi connectivity index (χ1n) is 7.14. The second-order valence-electron chi connectivity index (χ2n) is 5.43. The zero-order valence-electron chi connectivity index (χ0n) is 13.1. The fraction of sp³-hybridized carbons (Fsp3) is 0.278. The predicted octanol–water partition coefficient (Wildman–Crippen LogP) is 3.17. The van der Waals surface area contributed by atoms with E-state index in [1.807, 2.05) is 67.5 Å². The Kier molecular flexibility index (Phi) is 5.04. The van der Waals surface area contributed by atoms with Gasteiger partial charge in [-0.15, -0.1) is 0 Å². The monoisotopic (exact) mass is 299 g/mol. The highest BCUT2D eigenvalue weighted by atomic mass is 16.5. The Labute approximate surface area is 131 Å². The molecule has 0 amide bonds. The topological polar surface area (TPSA) is 49.8 Å². The number of benzene rings is 2. The van der Waals surface area contributed by atoms with Crippen molar-refractivity contribution in [1.29, 1.82) is 0 Å². The molecule has 1 unspecified atom stereocenters. The van der Waals surface area contributed by atoms with Crippen LogP contribution in [-0.4, -0.2) is 32.3 Å². The summed E-state index contributed by atoms with van der Waals surface area (Å²) in [4.78, 5) is 13.6. The summed E-state index contributed by atoms with van der Waals surface area (Å²) in [6.45, 7) is 0. The Morgan fingerprint density at radius 2 is 1.68 bits per heavy atom. The minimum absolute atomic E-state index is 0.459. The van der Waals surface area contributed by atoms with Gasteiger partial charge in [0.25, 0.3) is 0 Å². The van der Waals surface area contributed by atoms with Gasteiger partial charge >= 0.3 is 5.97 Å². The third-order valence-electron chi connectivity index (χ3n) is 3.71. The maximum Gasteiger partial charge on any atom is 0.311 e. The van der Waals surface area contributed by atoms with Crippen LogP contribution in [0, 0.1) is 0 Å². The van der Waals surface area contributed by atoms with E-state index in [0.29, 0.717) is 6.42 Å². The molecule has 0 fully saturated rings. The van der Waals surface area contributed by atoms with Crippen molar-refractivity contribution in [3.05, 3.63) is 59.7 Å². The summed E-state index contributed by atoms with van der Waals surface area (Å²) >= 11 is 0. The zero-order valence-corrected chi connectivity index (χ0v) is 13.1. The van der Waals surface area contributed by atoms with Gasteiger partial charge in [-0.1, -0.05) is 24.3 Å². The van der Waals surface area contributed by atoms with Crippen LogP contribution in [0.1, 0.15) is 17.0 Å². The molecule has 116 valence electrons. The number of hydrogen-bond donors (Lipinski definition) is 1. The maximum absolute atomic E-state index is 11.6. The molecule has 22 heavy (non-hydrogen) atoms. The molecule has 0 aliphatic carbocycles. The second kappa shape index (κ2) is 6.98. The molecule has 2 aromatic rings. The van der Waals surface area contributed by atoms with Crippen molar-refractivity contribution in [3.8, 4) is 5.75 Å². The Morgan fingerprint density at radius 3 is 2.14 bits per heavy atom. The van der Waals surface area contributed by atoms with E-state index >= 15 is 0 Å². The molecule has 0 aliphatic rings. The summed E-state index contributed by atoms with van der Waals surface area (Å²) in [7, 11) is 5.53. The number of methoxy groups -OCH3 is 1. The van der Waals surface area contributed by atoms with Crippen molar-refractivity contribution in [1.82, 2.24) is 0 Å². The van der Waals surface area contributed by atoms with Crippen LogP contribution in [0.2, 0.25) is 0 Å². The molecule has 0 aliphatic heterocycles. The van der Waals surface area contributed by atoms with E-state index in [1.165, 1.54) is 0 Å². The molecule has 0 bridgehead atoms. The molecule has 2 aromatic carbocycles. The highest BCUT2D eigenvalue weighted by Crippen LogP contribution is 2.24. The third kappa shape index (κ3) is 3.79. The lowest BCUT2D eigenvalue weighted by atomic mass is 9.92. The molecule has 0 heterocycles. The first kappa shape index (κ1) is 15.9. The number of carboxylic acids is 1. The minimum atomic E-state index is -0.812. The van der Waals surface area contributed by atoms with Crippen LogP contribution < -0.4 is 9.64 Å². The van der Waals surface area contributed by atoms with Crippen LogP contribution in [0.3, 0.4) is 0 Å². The molecule has 4 nitrogen and oxygen atoms in total. The van der Waals surface area contributed by atoms with Crippen molar-refractivity contribution in [2.75, 3.05) is 26.1 Å². The highest BCUT2D eigenvalue weighted by molar-refractivity contribution is 5.76. The van der Waals surface area contributed by atoms with Crippen molar-refractivity contribution in [2.45, 2.75) is 12.3 Å². The molecular formula is C18H21NO3. The Morgan fingerprint density at radius 1 is 1.09 bits per heavy atom. The average Bonchev–Trinajstić information content (AvgIpc) is 2.53. The Bertz CT molecular complexity index is 618. The molecule has 0 saturated heterocycles. The lowest BCUT2D eigenvalue weighted by Gasteiger charge is -2.16. The molecule has 4 heteroatoms. The molecule has 1 N–H and O–H groups in total. The van der Waals surface area contributed by atoms with Crippen molar-refractivity contribution >= 4 is 11.7 Å². The molecule has 0 aromatic heterocycles. The normalized spacial score (nSPS) is 11.8. The summed E-state index contributed by atoms with van der Waals surface area (Å²) in [6, 6.07) is 15.2. The Hall–Kier alpha value is -2.49. The van der Waals surface area contributed by atoms with Crippen LogP contribution >= 0.6 is 0 Å². The van der Waals surface area contributed by atoms with Gasteiger partial charge in [-0.2, -0.15) is 0 Å². The van der Waals surface area contributed by atoms with E-state index < -0.39 is 11.9 Å². The number of nitrogens with zero attached hydrogens (tertiary/aromatic N) is 1. The fourth-order valence-corrected chi connectivity index (χ4v) is 2.35. The molecule has 1 atom stereocenters. The highest BCUT2D eigenvalue weighted by Gasteiger charge is 2.20. The summed E-state index contributed by atoms with van der Waals surface area (Å²) in [5, 5.41) is 9.53. The van der Waals surface area contributed by atoms with E-state index in [9.17, 15) is 9.90 Å². The van der Waals surface area contributed by atoms with Crippen LogP contribution in [0.25, 0.3) is 0 Å². The van der Waals surface area contributed by atoms with Crippen molar-refractivity contribution in [3.63, 3.8) is 0 Å². The van der Waals surface area contributed by atoms with E-state index in [-0.39, 0.29) is 0 Å². The summed E-state index contributed by atoms with van der Waals surface area (Å²) in [6.07, 6.45) is 0.459. The summed E-state index contributed by atoms with van der Waals surface area (Å²) in [5.41, 5.74) is 2.84. The molecular weight excluding hydrogens is 278 g/mol. The molecule has 0 saturated carbocycles. The summed E-state index contributed by atoms with van der Waals surface area (Å²) in [5.74, 6) is -0.594. The summed E-state index contributed by atoms with van der Waals surface area (Å²) < 4.78 is 5.12. The lowest BCUT2D eigenvalue weighted by molar-refractivity contribution is -0.138. The lowest BCUT2D eigenvalue weighted by Crippen LogP contribution is -2.15. The SMILES string of the molecule is COc1ccc(CC(C(=O)O)c2ccc(N(C)C)cc2)cc1. The zero-order chi connectivity index (χ0) is 16.1. The quantitative estimate of drug-likeness (QED) is 0.890. The van der Waals surface area contributed by atoms with E-state index in [1.54, 1.807) is 7.11 Å². The van der Waals surface area contributed by atoms with Crippen LogP contribution in [0.5, 0.6) is 5.75 Å². The van der Waals surface area contributed by atoms with Crippen LogP contribution in [0.4, 0.5) is 5.69 Å². The Balaban J connectivity index is 2.20. The van der Waals surface area contributed by atoms with Gasteiger partial charge in [0, 0.05) is 19.8 Å². The first-order valence-corrected chi connectivity index (χ1v) is 7.14. The first-order chi connectivity index (χ1) is 10.5. The largest absolute Gasteiger partial charge is 0.497 e. The van der Waals surface area contributed by atoms with Gasteiger partial charge in [-0.3, -0.25) is 4.79 Å². The standard InChI is InChI=1S/C18H21NO3/c1-19(2)15-8-6-14(7-9-15)17(18(20)21)12-13-4-10-16(22-3)11-5-13/h4-11,17H,12H2,1-3H3,(H,20,21). The third-order valence-corrected chi connectivity index (χ3v) is 3.71. The minimum Gasteiger partial charge on any atom is -0.497 e. The van der Waals surface area contributed by atoms with E-state index in [2.05, 4.69) is 0 Å².